The molecule has 4 rings (SSSR count). The Morgan fingerprint density at radius 1 is 1.24 bits per heavy atom. The van der Waals surface area contributed by atoms with Crippen molar-refractivity contribution in [1.82, 2.24) is 19.8 Å². The zero-order chi connectivity index (χ0) is 33.0. The summed E-state index contributed by atoms with van der Waals surface area (Å²) in [5.74, 6) is 5.20. The van der Waals surface area contributed by atoms with E-state index in [1.807, 2.05) is 4.90 Å². The molecule has 0 aliphatic carbocycles. The largest absolute Gasteiger partial charge is 0.495 e. The highest BCUT2D eigenvalue weighted by Crippen LogP contribution is 2.31. The fourth-order valence-electron chi connectivity index (χ4n) is 4.84. The number of carbonyl (C=O) groups is 1. The molecule has 1 aliphatic rings. The summed E-state index contributed by atoms with van der Waals surface area (Å²) in [5, 5.41) is 5.64. The molecule has 0 saturated carbocycles. The predicted octanol–water partition coefficient (Wildman–Crippen LogP) is 3.52. The van der Waals surface area contributed by atoms with Crippen LogP contribution in [0, 0.1) is 11.8 Å². The average Bonchev–Trinajstić information content (AvgIpc) is 3.35. The topological polar surface area (TPSA) is 115 Å². The van der Waals surface area contributed by atoms with Gasteiger partial charge in [0.1, 0.15) is 28.9 Å². The van der Waals surface area contributed by atoms with Crippen LogP contribution in [0.1, 0.15) is 22.3 Å². The first kappa shape index (κ1) is 34.4. The predicted molar refractivity (Wildman–Crippen MR) is 164 cm³/mol. The highest BCUT2D eigenvalue weighted by atomic mass is 32.2. The van der Waals surface area contributed by atoms with Gasteiger partial charge in [-0.1, -0.05) is 11.8 Å². The fraction of sp³-hybridized carbons (Fsp3) is 0.448. The SMILES string of the molecule is COCCN1CC[C@@](S)(NC(=O)c2cc(C#CCNc3ccc(S(C)(=O)=O)cc3OC)cc3c2ncn3CC(F)(F)F)[C@@H](F)C1. The van der Waals surface area contributed by atoms with Crippen LogP contribution in [-0.2, 0) is 21.1 Å². The molecule has 1 saturated heterocycles. The van der Waals surface area contributed by atoms with Gasteiger partial charge in [0.2, 0.25) is 0 Å². The molecule has 1 fully saturated rings. The Morgan fingerprint density at radius 2 is 2.00 bits per heavy atom. The first-order valence-corrected chi connectivity index (χ1v) is 16.0. The maximum absolute atomic E-state index is 15.3. The summed E-state index contributed by atoms with van der Waals surface area (Å²) < 4.78 is 90.1. The minimum Gasteiger partial charge on any atom is -0.495 e. The second-order valence-electron chi connectivity index (χ2n) is 10.6. The highest BCUT2D eigenvalue weighted by molar-refractivity contribution is 7.90. The zero-order valence-electron chi connectivity index (χ0n) is 24.7. The number of thiol groups is 1. The number of halogens is 4. The maximum atomic E-state index is 15.3. The number of amides is 1. The van der Waals surface area contributed by atoms with Gasteiger partial charge in [-0.25, -0.2) is 17.8 Å². The molecule has 2 aromatic carbocycles. The summed E-state index contributed by atoms with van der Waals surface area (Å²) in [6.45, 7) is 0.0990. The number of likely N-dealkylation sites (tertiary alicyclic amines) is 1. The van der Waals surface area contributed by atoms with Gasteiger partial charge in [0.15, 0.2) is 9.84 Å². The van der Waals surface area contributed by atoms with Gasteiger partial charge in [-0.15, -0.1) is 12.6 Å². The molecule has 1 aromatic heterocycles. The molecule has 10 nitrogen and oxygen atoms in total. The Kier molecular flexibility index (Phi) is 10.6. The molecular weight excluding hydrogens is 638 g/mol. The van der Waals surface area contributed by atoms with E-state index in [-0.39, 0.29) is 52.3 Å². The number of alkyl halides is 4. The number of carbonyl (C=O) groups excluding carboxylic acids is 1. The van der Waals surface area contributed by atoms with Crippen LogP contribution in [0.5, 0.6) is 5.75 Å². The number of fused-ring (bicyclic) bond motifs is 1. The summed E-state index contributed by atoms with van der Waals surface area (Å²) >= 11 is 4.47. The van der Waals surface area contributed by atoms with Crippen molar-refractivity contribution in [3.05, 3.63) is 47.8 Å². The van der Waals surface area contributed by atoms with Gasteiger partial charge in [-0.3, -0.25) is 9.69 Å². The molecular formula is C29H33F4N5O5S2. The van der Waals surface area contributed by atoms with Gasteiger partial charge < -0.3 is 24.7 Å². The lowest BCUT2D eigenvalue weighted by molar-refractivity contribution is -0.139. The second-order valence-corrected chi connectivity index (χ2v) is 13.4. The number of methoxy groups -OCH3 is 2. The van der Waals surface area contributed by atoms with Crippen LogP contribution in [0.25, 0.3) is 11.0 Å². The molecule has 0 radical (unpaired) electrons. The standard InChI is InChI=1S/C29H33F4N5O5S2/c1-42-12-11-37-10-8-28(44,25(30)16-37)36-27(39)21-13-19(14-23-26(21)35-18-38(23)17-29(31,32)33)5-4-9-34-22-7-6-20(45(3,40)41)15-24(22)43-2/h6-7,13-15,18,25,34,44H,8-12,16-17H2,1-3H3,(H,36,39)/t25-,28-/m0/s1. The Bertz CT molecular complexity index is 1720. The first-order chi connectivity index (χ1) is 21.1. The number of sulfone groups is 1. The molecule has 0 spiro atoms. The van der Waals surface area contributed by atoms with Crippen LogP contribution >= 0.6 is 12.6 Å². The van der Waals surface area contributed by atoms with Crippen molar-refractivity contribution in [1.29, 1.82) is 0 Å². The molecule has 0 unspecified atom stereocenters. The third-order valence-electron chi connectivity index (χ3n) is 7.21. The molecule has 2 atom stereocenters. The Balaban J connectivity index is 1.60. The lowest BCUT2D eigenvalue weighted by Crippen LogP contribution is -2.59. The normalized spacial score (nSPS) is 19.2. The van der Waals surface area contributed by atoms with Crippen molar-refractivity contribution in [3.63, 3.8) is 0 Å². The monoisotopic (exact) mass is 671 g/mol. The summed E-state index contributed by atoms with van der Waals surface area (Å²) in [5.41, 5.74) is 0.630. The van der Waals surface area contributed by atoms with E-state index in [9.17, 15) is 26.4 Å². The minimum atomic E-state index is -4.55. The van der Waals surface area contributed by atoms with Crippen molar-refractivity contribution in [3.8, 4) is 17.6 Å². The summed E-state index contributed by atoms with van der Waals surface area (Å²) in [6.07, 6.45) is -3.85. The van der Waals surface area contributed by atoms with Crippen molar-refractivity contribution in [2.75, 3.05) is 58.6 Å². The van der Waals surface area contributed by atoms with Gasteiger partial charge >= 0.3 is 6.18 Å². The number of piperidine rings is 1. The van der Waals surface area contributed by atoms with E-state index in [0.29, 0.717) is 25.4 Å². The summed E-state index contributed by atoms with van der Waals surface area (Å²) in [4.78, 5) is 18.0. The quantitative estimate of drug-likeness (QED) is 0.130. The van der Waals surface area contributed by atoms with E-state index in [2.05, 4.69) is 40.1 Å². The number of nitrogens with one attached hydrogen (secondary N) is 2. The molecule has 2 heterocycles. The van der Waals surface area contributed by atoms with E-state index in [1.165, 1.54) is 37.4 Å². The number of hydrogen-bond acceptors (Lipinski definition) is 9. The van der Waals surface area contributed by atoms with Gasteiger partial charge in [0.05, 0.1) is 48.3 Å². The third kappa shape index (κ3) is 8.60. The molecule has 1 amide bonds. The molecule has 2 N–H and O–H groups in total. The second kappa shape index (κ2) is 13.9. The molecule has 0 bridgehead atoms. The van der Waals surface area contributed by atoms with Gasteiger partial charge in [-0.05, 0) is 30.7 Å². The lowest BCUT2D eigenvalue weighted by atomic mass is 10.0. The smallest absolute Gasteiger partial charge is 0.406 e. The van der Waals surface area contributed by atoms with Crippen molar-refractivity contribution < 1.29 is 40.2 Å². The van der Waals surface area contributed by atoms with E-state index in [1.54, 1.807) is 7.11 Å². The fourth-order valence-corrected chi connectivity index (χ4v) is 5.76. The van der Waals surface area contributed by atoms with Crippen molar-refractivity contribution in [2.24, 2.45) is 0 Å². The molecule has 45 heavy (non-hydrogen) atoms. The Morgan fingerprint density at radius 3 is 2.64 bits per heavy atom. The van der Waals surface area contributed by atoms with Gasteiger partial charge in [0.25, 0.3) is 5.91 Å². The molecule has 3 aromatic rings. The minimum absolute atomic E-state index is 0.000926. The van der Waals surface area contributed by atoms with E-state index in [0.717, 1.165) is 17.2 Å². The van der Waals surface area contributed by atoms with Crippen LogP contribution in [-0.4, -0.2) is 99.3 Å². The first-order valence-electron chi connectivity index (χ1n) is 13.7. The number of anilines is 1. The van der Waals surface area contributed by atoms with Crippen molar-refractivity contribution >= 4 is 45.1 Å². The average molecular weight is 672 g/mol. The molecule has 1 aliphatic heterocycles. The summed E-state index contributed by atoms with van der Waals surface area (Å²) in [6, 6.07) is 7.07. The zero-order valence-corrected chi connectivity index (χ0v) is 26.5. The van der Waals surface area contributed by atoms with Gasteiger partial charge in [0, 0.05) is 44.6 Å². The number of benzene rings is 2. The number of nitrogens with zero attached hydrogens (tertiary/aromatic N) is 3. The Labute approximate surface area is 263 Å². The van der Waals surface area contributed by atoms with Crippen LogP contribution in [0.2, 0.25) is 0 Å². The van der Waals surface area contributed by atoms with E-state index < -0.39 is 39.5 Å². The van der Waals surface area contributed by atoms with Crippen LogP contribution in [0.4, 0.5) is 23.2 Å². The lowest BCUT2D eigenvalue weighted by Gasteiger charge is -2.41. The van der Waals surface area contributed by atoms with Crippen LogP contribution in [0.15, 0.2) is 41.6 Å². The third-order valence-corrected chi connectivity index (χ3v) is 8.93. The van der Waals surface area contributed by atoms with Crippen LogP contribution in [0.3, 0.4) is 0 Å². The van der Waals surface area contributed by atoms with Gasteiger partial charge in [-0.2, -0.15) is 13.2 Å². The summed E-state index contributed by atoms with van der Waals surface area (Å²) in [7, 11) is -0.524. The highest BCUT2D eigenvalue weighted by Gasteiger charge is 2.42. The van der Waals surface area contributed by atoms with E-state index >= 15 is 4.39 Å². The number of imidazole rings is 1. The van der Waals surface area contributed by atoms with Crippen molar-refractivity contribution in [2.45, 2.75) is 35.1 Å². The number of ether oxygens (including phenoxy) is 2. The van der Waals surface area contributed by atoms with Crippen LogP contribution < -0.4 is 15.4 Å². The number of aromatic nitrogens is 2. The number of rotatable bonds is 10. The van der Waals surface area contributed by atoms with E-state index in [4.69, 9.17) is 9.47 Å². The Hall–Kier alpha value is -3.52. The molecule has 244 valence electrons. The molecule has 16 heteroatoms. The maximum Gasteiger partial charge on any atom is 0.406 e. The number of hydrogen-bond donors (Lipinski definition) is 3.